The molecule has 1 unspecified atom stereocenters. The first kappa shape index (κ1) is 13.5. The number of alkyl halides is 3. The molecule has 0 radical (unpaired) electrons. The van der Waals surface area contributed by atoms with Crippen molar-refractivity contribution in [2.45, 2.75) is 23.6 Å². The number of halogens is 3. The third-order valence-electron chi connectivity index (χ3n) is 2.14. The number of Topliss-reactive ketones (excluding diaryl/α,β-unsaturated/α-hetero) is 1. The van der Waals surface area contributed by atoms with Crippen molar-refractivity contribution in [2.75, 3.05) is 6.26 Å². The minimum absolute atomic E-state index is 0.0551. The molecular formula is C11H11ClF2OS. The van der Waals surface area contributed by atoms with Crippen molar-refractivity contribution in [3.8, 4) is 0 Å². The van der Waals surface area contributed by atoms with E-state index in [0.29, 0.717) is 10.5 Å². The van der Waals surface area contributed by atoms with Crippen LogP contribution in [0.25, 0.3) is 0 Å². The van der Waals surface area contributed by atoms with Gasteiger partial charge >= 0.3 is 0 Å². The van der Waals surface area contributed by atoms with Crippen LogP contribution in [0.5, 0.6) is 0 Å². The zero-order valence-corrected chi connectivity index (χ0v) is 10.4. The molecule has 1 rings (SSSR count). The van der Waals surface area contributed by atoms with Crippen LogP contribution in [0, 0.1) is 0 Å². The Morgan fingerprint density at radius 1 is 1.44 bits per heavy atom. The number of rotatable bonds is 4. The number of carbonyl (C=O) groups excluding carboxylic acids is 1. The van der Waals surface area contributed by atoms with Crippen LogP contribution < -0.4 is 0 Å². The highest BCUT2D eigenvalue weighted by Gasteiger charge is 2.18. The normalized spacial score (nSPS) is 12.9. The summed E-state index contributed by atoms with van der Waals surface area (Å²) in [5, 5.41) is -0.769. The fourth-order valence-corrected chi connectivity index (χ4v) is 2.22. The summed E-state index contributed by atoms with van der Waals surface area (Å²) < 4.78 is 24.9. The summed E-state index contributed by atoms with van der Waals surface area (Å²) in [5.41, 5.74) is 0.534. The van der Waals surface area contributed by atoms with Gasteiger partial charge in [0.15, 0.2) is 5.78 Å². The van der Waals surface area contributed by atoms with Crippen LogP contribution >= 0.6 is 23.4 Å². The topological polar surface area (TPSA) is 17.1 Å². The standard InChI is InChI=1S/C11H11ClF2OS/c1-6(15)10(12)8-4-3-7(11(13)14)5-9(8)16-2/h3-5,10-11H,1-2H3. The Balaban J connectivity index is 3.16. The van der Waals surface area contributed by atoms with Crippen molar-refractivity contribution < 1.29 is 13.6 Å². The van der Waals surface area contributed by atoms with Crippen molar-refractivity contribution in [1.29, 1.82) is 0 Å². The van der Waals surface area contributed by atoms with Gasteiger partial charge in [-0.2, -0.15) is 0 Å². The van der Waals surface area contributed by atoms with Crippen LogP contribution in [-0.4, -0.2) is 12.0 Å². The van der Waals surface area contributed by atoms with Crippen LogP contribution in [0.2, 0.25) is 0 Å². The lowest BCUT2D eigenvalue weighted by Gasteiger charge is -2.12. The fraction of sp³-hybridized carbons (Fsp3) is 0.364. The molecule has 0 aromatic heterocycles. The van der Waals surface area contributed by atoms with E-state index in [1.165, 1.54) is 36.9 Å². The molecule has 0 aliphatic rings. The SMILES string of the molecule is CSc1cc(C(F)F)ccc1C(Cl)C(C)=O. The van der Waals surface area contributed by atoms with Crippen molar-refractivity contribution in [1.82, 2.24) is 0 Å². The second-order valence-electron chi connectivity index (χ2n) is 3.28. The summed E-state index contributed by atoms with van der Waals surface area (Å²) >= 11 is 7.21. The van der Waals surface area contributed by atoms with Crippen molar-refractivity contribution in [3.05, 3.63) is 29.3 Å². The Hall–Kier alpha value is -0.610. The molecule has 88 valence electrons. The van der Waals surface area contributed by atoms with Crippen LogP contribution in [0.1, 0.15) is 29.9 Å². The Morgan fingerprint density at radius 3 is 2.50 bits per heavy atom. The maximum absolute atomic E-state index is 12.5. The van der Waals surface area contributed by atoms with Gasteiger partial charge in [0, 0.05) is 10.5 Å². The van der Waals surface area contributed by atoms with Crippen molar-refractivity contribution in [3.63, 3.8) is 0 Å². The maximum Gasteiger partial charge on any atom is 0.263 e. The molecule has 0 bridgehead atoms. The van der Waals surface area contributed by atoms with Gasteiger partial charge < -0.3 is 0 Å². The highest BCUT2D eigenvalue weighted by atomic mass is 35.5. The largest absolute Gasteiger partial charge is 0.298 e. The van der Waals surface area contributed by atoms with Crippen LogP contribution in [-0.2, 0) is 4.79 Å². The number of benzene rings is 1. The molecule has 1 aromatic carbocycles. The molecule has 0 spiro atoms. The van der Waals surface area contributed by atoms with Gasteiger partial charge in [-0.1, -0.05) is 12.1 Å². The third-order valence-corrected chi connectivity index (χ3v) is 3.48. The molecule has 16 heavy (non-hydrogen) atoms. The number of carbonyl (C=O) groups is 1. The number of thioether (sulfide) groups is 1. The van der Waals surface area contributed by atoms with Crippen LogP contribution in [0.15, 0.2) is 23.1 Å². The van der Waals surface area contributed by atoms with Crippen LogP contribution in [0.3, 0.4) is 0 Å². The molecule has 1 nitrogen and oxygen atoms in total. The van der Waals surface area contributed by atoms with Gasteiger partial charge in [0.1, 0.15) is 5.38 Å². The molecule has 1 atom stereocenters. The van der Waals surface area contributed by atoms with E-state index in [0.717, 1.165) is 0 Å². The first-order chi connectivity index (χ1) is 7.47. The van der Waals surface area contributed by atoms with E-state index in [4.69, 9.17) is 11.6 Å². The number of hydrogen-bond donors (Lipinski definition) is 0. The maximum atomic E-state index is 12.5. The molecule has 0 saturated heterocycles. The summed E-state index contributed by atoms with van der Waals surface area (Å²) in [7, 11) is 0. The fourth-order valence-electron chi connectivity index (χ4n) is 1.29. The molecule has 5 heteroatoms. The highest BCUT2D eigenvalue weighted by Crippen LogP contribution is 2.33. The predicted octanol–water partition coefficient (Wildman–Crippen LogP) is 4.22. The van der Waals surface area contributed by atoms with Crippen molar-refractivity contribution in [2.24, 2.45) is 0 Å². The zero-order valence-electron chi connectivity index (χ0n) is 8.84. The molecule has 1 aromatic rings. The van der Waals surface area contributed by atoms with Gasteiger partial charge in [-0.15, -0.1) is 23.4 Å². The highest BCUT2D eigenvalue weighted by molar-refractivity contribution is 7.98. The quantitative estimate of drug-likeness (QED) is 0.598. The van der Waals surface area contributed by atoms with Gasteiger partial charge in [0.25, 0.3) is 6.43 Å². The summed E-state index contributed by atoms with van der Waals surface area (Å²) in [4.78, 5) is 11.8. The lowest BCUT2D eigenvalue weighted by atomic mass is 10.1. The second-order valence-corrected chi connectivity index (χ2v) is 4.56. The molecule has 0 aliphatic carbocycles. The van der Waals surface area contributed by atoms with E-state index < -0.39 is 11.8 Å². The molecule has 0 N–H and O–H groups in total. The minimum atomic E-state index is -2.51. The van der Waals surface area contributed by atoms with Gasteiger partial charge in [0.2, 0.25) is 0 Å². The summed E-state index contributed by atoms with van der Waals surface area (Å²) in [6.45, 7) is 1.38. The van der Waals surface area contributed by atoms with E-state index in [2.05, 4.69) is 0 Å². The third kappa shape index (κ3) is 2.95. The molecular weight excluding hydrogens is 254 g/mol. The first-order valence-corrected chi connectivity index (χ1v) is 6.24. The van der Waals surface area contributed by atoms with E-state index in [1.807, 2.05) is 0 Å². The summed E-state index contributed by atoms with van der Waals surface area (Å²) in [5.74, 6) is -0.193. The number of ketones is 1. The van der Waals surface area contributed by atoms with Gasteiger partial charge in [-0.3, -0.25) is 4.79 Å². The van der Waals surface area contributed by atoms with E-state index in [9.17, 15) is 13.6 Å². The number of hydrogen-bond acceptors (Lipinski definition) is 2. The van der Waals surface area contributed by atoms with Crippen LogP contribution in [0.4, 0.5) is 8.78 Å². The molecule has 0 saturated carbocycles. The smallest absolute Gasteiger partial charge is 0.263 e. The predicted molar refractivity (Wildman–Crippen MR) is 62.5 cm³/mol. The van der Waals surface area contributed by atoms with Gasteiger partial charge in [0.05, 0.1) is 0 Å². The lowest BCUT2D eigenvalue weighted by molar-refractivity contribution is -0.116. The minimum Gasteiger partial charge on any atom is -0.298 e. The Kier molecular flexibility index (Phi) is 4.74. The summed E-state index contributed by atoms with van der Waals surface area (Å²) in [6.07, 6.45) is -0.747. The van der Waals surface area contributed by atoms with E-state index >= 15 is 0 Å². The van der Waals surface area contributed by atoms with E-state index in [1.54, 1.807) is 6.26 Å². The molecule has 0 heterocycles. The zero-order chi connectivity index (χ0) is 12.3. The molecule has 0 amide bonds. The average Bonchev–Trinajstić information content (AvgIpc) is 2.26. The van der Waals surface area contributed by atoms with E-state index in [-0.39, 0.29) is 11.3 Å². The first-order valence-electron chi connectivity index (χ1n) is 4.58. The Morgan fingerprint density at radius 2 is 2.06 bits per heavy atom. The molecule has 0 aliphatic heterocycles. The second kappa shape index (κ2) is 5.64. The average molecular weight is 265 g/mol. The summed E-state index contributed by atoms with van der Waals surface area (Å²) in [6, 6.07) is 4.17. The van der Waals surface area contributed by atoms with Crippen molar-refractivity contribution >= 4 is 29.1 Å². The Labute approximate surface area is 102 Å². The monoisotopic (exact) mass is 264 g/mol. The van der Waals surface area contributed by atoms with Gasteiger partial charge in [-0.25, -0.2) is 8.78 Å². The molecule has 0 fully saturated rings. The lowest BCUT2D eigenvalue weighted by Crippen LogP contribution is -2.03. The Bertz CT molecular complexity index is 396. The van der Waals surface area contributed by atoms with Gasteiger partial charge in [-0.05, 0) is 24.8 Å².